The zero-order valence-electron chi connectivity index (χ0n) is 13.5. The van der Waals surface area contributed by atoms with E-state index in [0.717, 1.165) is 17.3 Å². The Labute approximate surface area is 154 Å². The van der Waals surface area contributed by atoms with Crippen LogP contribution in [-0.4, -0.2) is 9.91 Å². The quantitative estimate of drug-likeness (QED) is 0.522. The molecule has 0 aliphatic rings. The number of nitro groups is 1. The molecule has 3 rings (SSSR count). The molecule has 0 bridgehead atoms. The predicted octanol–water partition coefficient (Wildman–Crippen LogP) is 4.72. The Morgan fingerprint density at radius 3 is 2.38 bits per heavy atom. The van der Waals surface area contributed by atoms with Crippen LogP contribution in [0.25, 0.3) is 0 Å². The van der Waals surface area contributed by atoms with Crippen molar-refractivity contribution >= 4 is 23.1 Å². The molecule has 3 aromatic rings. The number of halogens is 1. The predicted molar refractivity (Wildman–Crippen MR) is 99.0 cm³/mol. The molecule has 0 aliphatic heterocycles. The number of rotatable bonds is 5. The van der Waals surface area contributed by atoms with Gasteiger partial charge in [0.2, 0.25) is 0 Å². The number of hydrogen-bond acceptors (Lipinski definition) is 5. The lowest BCUT2D eigenvalue weighted by atomic mass is 9.98. The van der Waals surface area contributed by atoms with Gasteiger partial charge in [0.05, 0.1) is 11.0 Å². The van der Waals surface area contributed by atoms with E-state index in [1.807, 2.05) is 48.5 Å². The van der Waals surface area contributed by atoms with Gasteiger partial charge in [-0.3, -0.25) is 10.1 Å². The van der Waals surface area contributed by atoms with Gasteiger partial charge in [0, 0.05) is 11.1 Å². The van der Waals surface area contributed by atoms with Gasteiger partial charge in [-0.15, -0.1) is 0 Å². The van der Waals surface area contributed by atoms with Gasteiger partial charge in [-0.2, -0.15) is 5.26 Å². The molecule has 1 unspecified atom stereocenters. The molecule has 0 radical (unpaired) electrons. The Balaban J connectivity index is 2.03. The number of anilines is 1. The van der Waals surface area contributed by atoms with E-state index in [4.69, 9.17) is 11.6 Å². The highest BCUT2D eigenvalue weighted by molar-refractivity contribution is 6.30. The summed E-state index contributed by atoms with van der Waals surface area (Å²) in [6.45, 7) is 0. The van der Waals surface area contributed by atoms with Gasteiger partial charge in [0.15, 0.2) is 0 Å². The summed E-state index contributed by atoms with van der Waals surface area (Å²) in [4.78, 5) is 14.4. The summed E-state index contributed by atoms with van der Waals surface area (Å²) in [5.74, 6) is 0.280. The van der Waals surface area contributed by atoms with Crippen molar-refractivity contribution in [1.29, 1.82) is 5.26 Å². The summed E-state index contributed by atoms with van der Waals surface area (Å²) >= 11 is 5.98. The topological polar surface area (TPSA) is 91.8 Å². The fourth-order valence-corrected chi connectivity index (χ4v) is 2.68. The maximum atomic E-state index is 10.9. The second-order valence-corrected chi connectivity index (χ2v) is 5.93. The van der Waals surface area contributed by atoms with Gasteiger partial charge >= 0.3 is 0 Å². The lowest BCUT2D eigenvalue weighted by molar-refractivity contribution is -0.385. The van der Waals surface area contributed by atoms with Crippen LogP contribution in [0.2, 0.25) is 5.02 Å². The highest BCUT2D eigenvalue weighted by atomic mass is 35.5. The fraction of sp³-hybridized carbons (Fsp3) is 0.0526. The number of hydrogen-bond donors (Lipinski definition) is 1. The molecule has 128 valence electrons. The molecule has 7 heteroatoms. The molecule has 1 heterocycles. The normalized spacial score (nSPS) is 11.4. The fourth-order valence-electron chi connectivity index (χ4n) is 2.55. The number of nitrogens with zero attached hydrogens (tertiary/aromatic N) is 3. The van der Waals surface area contributed by atoms with Crippen LogP contribution < -0.4 is 5.32 Å². The summed E-state index contributed by atoms with van der Waals surface area (Å²) < 4.78 is 0. The minimum absolute atomic E-state index is 0.106. The van der Waals surface area contributed by atoms with E-state index < -0.39 is 4.92 Å². The first-order valence-corrected chi connectivity index (χ1v) is 8.08. The van der Waals surface area contributed by atoms with Crippen LogP contribution in [-0.2, 0) is 0 Å². The highest BCUT2D eigenvalue weighted by Gasteiger charge is 2.18. The van der Waals surface area contributed by atoms with Gasteiger partial charge < -0.3 is 5.32 Å². The van der Waals surface area contributed by atoms with Crippen molar-refractivity contribution in [2.75, 3.05) is 5.32 Å². The lowest BCUT2D eigenvalue weighted by Gasteiger charge is -2.21. The molecule has 2 aromatic carbocycles. The van der Waals surface area contributed by atoms with Crippen LogP contribution in [0.15, 0.2) is 66.9 Å². The smallest absolute Gasteiger partial charge is 0.289 e. The van der Waals surface area contributed by atoms with Crippen LogP contribution in [0.5, 0.6) is 0 Å². The Kier molecular flexibility index (Phi) is 5.11. The number of benzene rings is 2. The summed E-state index contributed by atoms with van der Waals surface area (Å²) in [6, 6.07) is 19.8. The van der Waals surface area contributed by atoms with Crippen LogP contribution in [0.1, 0.15) is 22.7 Å². The number of nitrogens with one attached hydrogen (secondary N) is 1. The molecule has 0 fully saturated rings. The zero-order chi connectivity index (χ0) is 18.5. The van der Waals surface area contributed by atoms with Crippen molar-refractivity contribution in [2.45, 2.75) is 6.04 Å². The molecule has 0 amide bonds. The van der Waals surface area contributed by atoms with Crippen molar-refractivity contribution in [3.8, 4) is 6.07 Å². The number of pyridine rings is 1. The van der Waals surface area contributed by atoms with Gasteiger partial charge in [0.1, 0.15) is 23.6 Å². The van der Waals surface area contributed by atoms with E-state index in [2.05, 4.69) is 10.3 Å². The van der Waals surface area contributed by atoms with E-state index in [0.29, 0.717) is 5.02 Å². The third-order valence-corrected chi connectivity index (χ3v) is 4.07. The average Bonchev–Trinajstić information content (AvgIpc) is 2.67. The van der Waals surface area contributed by atoms with Gasteiger partial charge in [-0.05, 0) is 23.3 Å². The lowest BCUT2D eigenvalue weighted by Crippen LogP contribution is -2.14. The van der Waals surface area contributed by atoms with Crippen molar-refractivity contribution in [3.63, 3.8) is 0 Å². The summed E-state index contributed by atoms with van der Waals surface area (Å²) in [7, 11) is 0. The molecule has 1 aromatic heterocycles. The Bertz CT molecular complexity index is 969. The van der Waals surface area contributed by atoms with Crippen molar-refractivity contribution in [2.24, 2.45) is 0 Å². The summed E-state index contributed by atoms with van der Waals surface area (Å²) in [6.07, 6.45) is 1.13. The van der Waals surface area contributed by atoms with Crippen molar-refractivity contribution < 1.29 is 4.92 Å². The van der Waals surface area contributed by atoms with Crippen molar-refractivity contribution in [3.05, 3.63) is 98.7 Å². The van der Waals surface area contributed by atoms with Gasteiger partial charge in [-0.1, -0.05) is 54.1 Å². The molecule has 0 spiro atoms. The van der Waals surface area contributed by atoms with E-state index >= 15 is 0 Å². The standard InChI is InChI=1S/C19H13ClN4O2/c20-16-8-6-14(7-9-16)18(13-4-2-1-3-5-13)23-19-15(11-21)10-17(12-22-19)24(25)26/h1-10,12,18H,(H,22,23). The molecule has 1 atom stereocenters. The van der Waals surface area contributed by atoms with E-state index in [-0.39, 0.29) is 23.1 Å². The van der Waals surface area contributed by atoms with Crippen molar-refractivity contribution in [1.82, 2.24) is 4.98 Å². The van der Waals surface area contributed by atoms with Gasteiger partial charge in [-0.25, -0.2) is 4.98 Å². The minimum atomic E-state index is -0.578. The maximum Gasteiger partial charge on any atom is 0.289 e. The minimum Gasteiger partial charge on any atom is -0.358 e. The first-order chi connectivity index (χ1) is 12.6. The first kappa shape index (κ1) is 17.4. The average molecular weight is 365 g/mol. The van der Waals surface area contributed by atoms with Gasteiger partial charge in [0.25, 0.3) is 5.69 Å². The highest BCUT2D eigenvalue weighted by Crippen LogP contribution is 2.29. The third kappa shape index (κ3) is 3.79. The molecule has 0 aliphatic carbocycles. The molecule has 0 saturated carbocycles. The SMILES string of the molecule is N#Cc1cc([N+](=O)[O-])cnc1NC(c1ccccc1)c1ccc(Cl)cc1. The van der Waals surface area contributed by atoms with E-state index in [1.165, 1.54) is 6.07 Å². The van der Waals surface area contributed by atoms with Crippen LogP contribution in [0, 0.1) is 21.4 Å². The molecular weight excluding hydrogens is 352 g/mol. The third-order valence-electron chi connectivity index (χ3n) is 3.82. The first-order valence-electron chi connectivity index (χ1n) is 7.70. The van der Waals surface area contributed by atoms with Crippen LogP contribution >= 0.6 is 11.6 Å². The molecule has 6 nitrogen and oxygen atoms in total. The summed E-state index contributed by atoms with van der Waals surface area (Å²) in [5, 5.41) is 24.1. The largest absolute Gasteiger partial charge is 0.358 e. The van der Waals surface area contributed by atoms with Crippen LogP contribution in [0.3, 0.4) is 0 Å². The molecule has 26 heavy (non-hydrogen) atoms. The van der Waals surface area contributed by atoms with E-state index in [9.17, 15) is 15.4 Å². The molecule has 0 saturated heterocycles. The van der Waals surface area contributed by atoms with E-state index in [1.54, 1.807) is 12.1 Å². The molecular formula is C19H13ClN4O2. The zero-order valence-corrected chi connectivity index (χ0v) is 14.2. The number of nitriles is 1. The summed E-state index contributed by atoms with van der Waals surface area (Å²) in [5.41, 5.74) is 1.76. The Hall–Kier alpha value is -3.43. The second-order valence-electron chi connectivity index (χ2n) is 5.50. The molecule has 1 N–H and O–H groups in total. The number of aromatic nitrogens is 1. The Morgan fingerprint density at radius 1 is 1.12 bits per heavy atom. The monoisotopic (exact) mass is 364 g/mol. The second kappa shape index (κ2) is 7.64. The maximum absolute atomic E-state index is 10.9. The Morgan fingerprint density at radius 2 is 1.77 bits per heavy atom. The van der Waals surface area contributed by atoms with Crippen LogP contribution in [0.4, 0.5) is 11.5 Å².